The Morgan fingerprint density at radius 1 is 1.00 bits per heavy atom. The minimum absolute atomic E-state index is 0.141. The number of nitrogens with zero attached hydrogens (tertiary/aromatic N) is 2. The fourth-order valence-corrected chi connectivity index (χ4v) is 3.65. The summed E-state index contributed by atoms with van der Waals surface area (Å²) in [5.74, 6) is 0.389. The molecule has 0 spiro atoms. The maximum atomic E-state index is 12.7. The van der Waals surface area contributed by atoms with Crippen molar-refractivity contribution in [3.05, 3.63) is 0 Å². The molecule has 0 bridgehead atoms. The number of piperidine rings is 2. The summed E-state index contributed by atoms with van der Waals surface area (Å²) in [5.41, 5.74) is -0.141. The van der Waals surface area contributed by atoms with E-state index in [4.69, 9.17) is 0 Å². The SMILES string of the molecule is CCC(C)(CC)C(=O)N1CCC(N2CCCCC2)CC1. The van der Waals surface area contributed by atoms with Crippen LogP contribution in [0.15, 0.2) is 0 Å². The first kappa shape index (κ1) is 15.8. The lowest BCUT2D eigenvalue weighted by molar-refractivity contribution is -0.143. The quantitative estimate of drug-likeness (QED) is 0.789. The summed E-state index contributed by atoms with van der Waals surface area (Å²) in [4.78, 5) is 17.5. The van der Waals surface area contributed by atoms with E-state index in [0.29, 0.717) is 5.91 Å². The van der Waals surface area contributed by atoms with Crippen LogP contribution in [0.4, 0.5) is 0 Å². The summed E-state index contributed by atoms with van der Waals surface area (Å²) in [6, 6.07) is 0.730. The fourth-order valence-electron chi connectivity index (χ4n) is 3.65. The van der Waals surface area contributed by atoms with Crippen LogP contribution in [0.1, 0.15) is 65.7 Å². The topological polar surface area (TPSA) is 23.6 Å². The summed E-state index contributed by atoms with van der Waals surface area (Å²) in [6.45, 7) is 10.9. The van der Waals surface area contributed by atoms with E-state index >= 15 is 0 Å². The van der Waals surface area contributed by atoms with Crippen LogP contribution < -0.4 is 0 Å². The molecule has 0 aromatic carbocycles. The van der Waals surface area contributed by atoms with Crippen molar-refractivity contribution in [2.75, 3.05) is 26.2 Å². The van der Waals surface area contributed by atoms with Gasteiger partial charge in [-0.3, -0.25) is 4.79 Å². The first-order chi connectivity index (χ1) is 9.60. The standard InChI is InChI=1S/C17H32N2O/c1-4-17(3,5-2)16(20)19-13-9-15(10-14-19)18-11-7-6-8-12-18/h15H,4-14H2,1-3H3. The van der Waals surface area contributed by atoms with E-state index < -0.39 is 0 Å². The maximum Gasteiger partial charge on any atom is 0.228 e. The van der Waals surface area contributed by atoms with Gasteiger partial charge in [-0.15, -0.1) is 0 Å². The third kappa shape index (κ3) is 3.36. The molecule has 2 aliphatic heterocycles. The van der Waals surface area contributed by atoms with E-state index in [2.05, 4.69) is 30.6 Å². The summed E-state index contributed by atoms with van der Waals surface area (Å²) in [5, 5.41) is 0. The van der Waals surface area contributed by atoms with Gasteiger partial charge >= 0.3 is 0 Å². The van der Waals surface area contributed by atoms with Gasteiger partial charge in [-0.05, 0) is 51.6 Å². The molecule has 0 atom stereocenters. The van der Waals surface area contributed by atoms with E-state index in [1.165, 1.54) is 45.2 Å². The summed E-state index contributed by atoms with van der Waals surface area (Å²) in [7, 11) is 0. The van der Waals surface area contributed by atoms with Gasteiger partial charge in [0.15, 0.2) is 0 Å². The second-order valence-corrected chi connectivity index (χ2v) is 6.89. The molecular weight excluding hydrogens is 248 g/mol. The van der Waals surface area contributed by atoms with Gasteiger partial charge in [-0.2, -0.15) is 0 Å². The van der Waals surface area contributed by atoms with Gasteiger partial charge < -0.3 is 9.80 Å². The number of carbonyl (C=O) groups excluding carboxylic acids is 1. The average Bonchev–Trinajstić information content (AvgIpc) is 2.54. The fraction of sp³-hybridized carbons (Fsp3) is 0.941. The van der Waals surface area contributed by atoms with Crippen LogP contribution in [0.3, 0.4) is 0 Å². The molecule has 0 N–H and O–H groups in total. The second kappa shape index (κ2) is 6.93. The Bertz CT molecular complexity index is 311. The Morgan fingerprint density at radius 3 is 2.05 bits per heavy atom. The van der Waals surface area contributed by atoms with Crippen molar-refractivity contribution in [1.29, 1.82) is 0 Å². The molecule has 0 unspecified atom stereocenters. The minimum atomic E-state index is -0.141. The highest BCUT2D eigenvalue weighted by molar-refractivity contribution is 5.82. The highest BCUT2D eigenvalue weighted by Crippen LogP contribution is 2.30. The third-order valence-electron chi connectivity index (χ3n) is 5.74. The lowest BCUT2D eigenvalue weighted by Gasteiger charge is -2.42. The van der Waals surface area contributed by atoms with Crippen LogP contribution in [-0.4, -0.2) is 47.9 Å². The van der Waals surface area contributed by atoms with E-state index in [-0.39, 0.29) is 5.41 Å². The Kier molecular flexibility index (Phi) is 5.48. The van der Waals surface area contributed by atoms with Gasteiger partial charge in [-0.1, -0.05) is 27.2 Å². The first-order valence-corrected chi connectivity index (χ1v) is 8.64. The van der Waals surface area contributed by atoms with Crippen molar-refractivity contribution < 1.29 is 4.79 Å². The van der Waals surface area contributed by atoms with E-state index in [9.17, 15) is 4.79 Å². The van der Waals surface area contributed by atoms with Crippen LogP contribution in [0.2, 0.25) is 0 Å². The van der Waals surface area contributed by atoms with Gasteiger partial charge in [0.1, 0.15) is 0 Å². The Morgan fingerprint density at radius 2 is 1.55 bits per heavy atom. The van der Waals surface area contributed by atoms with Crippen molar-refractivity contribution in [3.8, 4) is 0 Å². The van der Waals surface area contributed by atoms with Gasteiger partial charge in [0.2, 0.25) is 5.91 Å². The summed E-state index contributed by atoms with van der Waals surface area (Å²) < 4.78 is 0. The van der Waals surface area contributed by atoms with Gasteiger partial charge in [0.05, 0.1) is 0 Å². The van der Waals surface area contributed by atoms with Crippen molar-refractivity contribution in [3.63, 3.8) is 0 Å². The van der Waals surface area contributed by atoms with Crippen molar-refractivity contribution >= 4 is 5.91 Å². The molecule has 116 valence electrons. The largest absolute Gasteiger partial charge is 0.342 e. The highest BCUT2D eigenvalue weighted by Gasteiger charge is 2.35. The third-order valence-corrected chi connectivity index (χ3v) is 5.74. The van der Waals surface area contributed by atoms with Gasteiger partial charge in [0.25, 0.3) is 0 Å². The van der Waals surface area contributed by atoms with Crippen LogP contribution in [0.25, 0.3) is 0 Å². The summed E-state index contributed by atoms with van der Waals surface area (Å²) in [6.07, 6.45) is 8.39. The predicted octanol–water partition coefficient (Wildman–Crippen LogP) is 3.29. The highest BCUT2D eigenvalue weighted by atomic mass is 16.2. The molecule has 2 saturated heterocycles. The Labute approximate surface area is 124 Å². The number of hydrogen-bond donors (Lipinski definition) is 0. The second-order valence-electron chi connectivity index (χ2n) is 6.89. The minimum Gasteiger partial charge on any atom is -0.342 e. The number of likely N-dealkylation sites (tertiary alicyclic amines) is 2. The molecule has 3 heteroatoms. The van der Waals surface area contributed by atoms with Crippen LogP contribution >= 0.6 is 0 Å². The number of rotatable bonds is 4. The molecule has 2 aliphatic rings. The van der Waals surface area contributed by atoms with Gasteiger partial charge in [-0.25, -0.2) is 0 Å². The number of hydrogen-bond acceptors (Lipinski definition) is 2. The van der Waals surface area contributed by atoms with Crippen molar-refractivity contribution in [1.82, 2.24) is 9.80 Å². The molecule has 2 heterocycles. The molecule has 1 amide bonds. The Balaban J connectivity index is 1.85. The zero-order chi connectivity index (χ0) is 14.6. The smallest absolute Gasteiger partial charge is 0.228 e. The molecule has 2 fully saturated rings. The van der Waals surface area contributed by atoms with Crippen molar-refractivity contribution in [2.24, 2.45) is 5.41 Å². The number of carbonyl (C=O) groups is 1. The molecule has 0 radical (unpaired) electrons. The Hall–Kier alpha value is -0.570. The zero-order valence-corrected chi connectivity index (χ0v) is 13.7. The normalized spacial score (nSPS) is 23.1. The van der Waals surface area contributed by atoms with Crippen LogP contribution in [-0.2, 0) is 4.79 Å². The average molecular weight is 280 g/mol. The van der Waals surface area contributed by atoms with Crippen LogP contribution in [0, 0.1) is 5.41 Å². The lowest BCUT2D eigenvalue weighted by Crippen LogP contribution is -2.51. The molecular formula is C17H32N2O. The van der Waals surface area contributed by atoms with E-state index in [1.54, 1.807) is 0 Å². The van der Waals surface area contributed by atoms with Crippen LogP contribution in [0.5, 0.6) is 0 Å². The van der Waals surface area contributed by atoms with E-state index in [0.717, 1.165) is 32.0 Å². The molecule has 20 heavy (non-hydrogen) atoms. The summed E-state index contributed by atoms with van der Waals surface area (Å²) >= 11 is 0. The molecule has 0 aliphatic carbocycles. The van der Waals surface area contributed by atoms with Gasteiger partial charge in [0, 0.05) is 24.5 Å². The number of amides is 1. The molecule has 0 aromatic heterocycles. The predicted molar refractivity (Wildman–Crippen MR) is 83.7 cm³/mol. The maximum absolute atomic E-state index is 12.7. The lowest BCUT2D eigenvalue weighted by atomic mass is 9.82. The zero-order valence-electron chi connectivity index (χ0n) is 13.7. The molecule has 3 nitrogen and oxygen atoms in total. The first-order valence-electron chi connectivity index (χ1n) is 8.64. The van der Waals surface area contributed by atoms with E-state index in [1.807, 2.05) is 0 Å². The molecule has 0 aromatic rings. The van der Waals surface area contributed by atoms with Crippen molar-refractivity contribution in [2.45, 2.75) is 71.8 Å². The monoisotopic (exact) mass is 280 g/mol. The molecule has 2 rings (SSSR count). The molecule has 0 saturated carbocycles.